The van der Waals surface area contributed by atoms with Gasteiger partial charge in [-0.3, -0.25) is 0 Å². The van der Waals surface area contributed by atoms with Crippen LogP contribution < -0.4 is 5.32 Å². The average molecular weight is 260 g/mol. The molecule has 0 amide bonds. The van der Waals surface area contributed by atoms with Gasteiger partial charge in [0, 0.05) is 18.0 Å². The van der Waals surface area contributed by atoms with Crippen molar-refractivity contribution >= 4 is 0 Å². The number of hydrogen-bond acceptors (Lipinski definition) is 3. The maximum Gasteiger partial charge on any atom is 0.153 e. The topological polar surface area (TPSA) is 42.7 Å². The van der Waals surface area contributed by atoms with Crippen molar-refractivity contribution in [3.05, 3.63) is 11.6 Å². The summed E-state index contributed by atoms with van der Waals surface area (Å²) in [4.78, 5) is 0. The first-order valence-corrected chi connectivity index (χ1v) is 7.88. The molecule has 19 heavy (non-hydrogen) atoms. The molecule has 0 atom stereocenters. The smallest absolute Gasteiger partial charge is 0.153 e. The van der Waals surface area contributed by atoms with E-state index >= 15 is 0 Å². The van der Waals surface area contributed by atoms with E-state index in [-0.39, 0.29) is 5.54 Å². The maximum absolute atomic E-state index is 4.57. The van der Waals surface area contributed by atoms with Crippen molar-refractivity contribution in [3.63, 3.8) is 0 Å². The summed E-state index contributed by atoms with van der Waals surface area (Å²) in [7, 11) is 0. The summed E-state index contributed by atoms with van der Waals surface area (Å²) in [5.74, 6) is 3.13. The molecule has 3 fully saturated rings. The molecule has 0 spiro atoms. The SMILES string of the molecule is CC(C)(NC1CCC1)c1nnc(C2CC2)n1C1CC1. The van der Waals surface area contributed by atoms with E-state index in [1.165, 1.54) is 56.6 Å². The highest BCUT2D eigenvalue weighted by Gasteiger charge is 2.40. The molecule has 1 heterocycles. The molecule has 1 N–H and O–H groups in total. The molecule has 0 radical (unpaired) electrons. The Morgan fingerprint density at radius 2 is 1.79 bits per heavy atom. The lowest BCUT2D eigenvalue weighted by Crippen LogP contribution is -2.48. The maximum atomic E-state index is 4.57. The van der Waals surface area contributed by atoms with E-state index in [0.29, 0.717) is 18.0 Å². The second-order valence-corrected chi connectivity index (χ2v) is 7.15. The van der Waals surface area contributed by atoms with Gasteiger partial charge in [-0.15, -0.1) is 10.2 Å². The molecule has 1 aromatic heterocycles. The summed E-state index contributed by atoms with van der Waals surface area (Å²) < 4.78 is 2.48. The van der Waals surface area contributed by atoms with Gasteiger partial charge < -0.3 is 9.88 Å². The van der Waals surface area contributed by atoms with E-state index in [0.717, 1.165) is 0 Å². The van der Waals surface area contributed by atoms with Gasteiger partial charge in [-0.25, -0.2) is 0 Å². The zero-order valence-electron chi connectivity index (χ0n) is 12.0. The molecular formula is C15H24N4. The third kappa shape index (κ3) is 2.10. The quantitative estimate of drug-likeness (QED) is 0.885. The molecule has 4 nitrogen and oxygen atoms in total. The Balaban J connectivity index is 1.65. The molecule has 0 aromatic carbocycles. The van der Waals surface area contributed by atoms with Crippen LogP contribution in [0.25, 0.3) is 0 Å². The molecule has 0 bridgehead atoms. The van der Waals surface area contributed by atoms with E-state index in [9.17, 15) is 0 Å². The first-order valence-electron chi connectivity index (χ1n) is 7.88. The predicted molar refractivity (Wildman–Crippen MR) is 74.1 cm³/mol. The van der Waals surface area contributed by atoms with Crippen LogP contribution in [0.2, 0.25) is 0 Å². The Hall–Kier alpha value is -0.900. The average Bonchev–Trinajstić information content (AvgIpc) is 3.23. The zero-order valence-corrected chi connectivity index (χ0v) is 12.0. The fourth-order valence-corrected chi connectivity index (χ4v) is 3.17. The van der Waals surface area contributed by atoms with Crippen LogP contribution in [0.5, 0.6) is 0 Å². The zero-order chi connectivity index (χ0) is 13.0. The Morgan fingerprint density at radius 1 is 1.05 bits per heavy atom. The van der Waals surface area contributed by atoms with Crippen molar-refractivity contribution in [3.8, 4) is 0 Å². The standard InChI is InChI=1S/C15H24N4/c1-15(2,16-11-4-3-5-11)14-18-17-13(10-6-7-10)19(14)12-8-9-12/h10-12,16H,3-9H2,1-2H3. The number of nitrogens with zero attached hydrogens (tertiary/aromatic N) is 3. The molecule has 4 rings (SSSR count). The van der Waals surface area contributed by atoms with E-state index in [1.807, 2.05) is 0 Å². The van der Waals surface area contributed by atoms with Crippen molar-refractivity contribution < 1.29 is 0 Å². The van der Waals surface area contributed by atoms with Crippen LogP contribution in [0.4, 0.5) is 0 Å². The normalized spacial score (nSPS) is 24.5. The van der Waals surface area contributed by atoms with Gasteiger partial charge in [0.05, 0.1) is 5.54 Å². The number of hydrogen-bond donors (Lipinski definition) is 1. The van der Waals surface area contributed by atoms with Crippen LogP contribution in [0.3, 0.4) is 0 Å². The number of rotatable bonds is 5. The summed E-state index contributed by atoms with van der Waals surface area (Å²) >= 11 is 0. The van der Waals surface area contributed by atoms with Gasteiger partial charge in [-0.2, -0.15) is 0 Å². The molecule has 0 unspecified atom stereocenters. The molecule has 4 heteroatoms. The minimum atomic E-state index is -0.0478. The summed E-state index contributed by atoms with van der Waals surface area (Å²) in [6.45, 7) is 4.54. The lowest BCUT2D eigenvalue weighted by Gasteiger charge is -2.36. The van der Waals surface area contributed by atoms with Crippen LogP contribution in [0.15, 0.2) is 0 Å². The minimum absolute atomic E-state index is 0.0478. The molecule has 3 aliphatic rings. The molecule has 0 saturated heterocycles. The van der Waals surface area contributed by atoms with Gasteiger partial charge in [-0.05, 0) is 52.4 Å². The third-order valence-electron chi connectivity index (χ3n) is 4.81. The monoisotopic (exact) mass is 260 g/mol. The first kappa shape index (κ1) is 11.9. The lowest BCUT2D eigenvalue weighted by molar-refractivity contribution is 0.240. The number of nitrogens with one attached hydrogen (secondary N) is 1. The summed E-state index contributed by atoms with van der Waals surface area (Å²) in [5.41, 5.74) is -0.0478. The largest absolute Gasteiger partial charge is 0.310 e. The molecule has 3 saturated carbocycles. The van der Waals surface area contributed by atoms with Gasteiger partial charge in [-0.1, -0.05) is 6.42 Å². The first-order chi connectivity index (χ1) is 9.15. The highest BCUT2D eigenvalue weighted by atomic mass is 15.3. The minimum Gasteiger partial charge on any atom is -0.310 e. The van der Waals surface area contributed by atoms with Gasteiger partial charge >= 0.3 is 0 Å². The molecule has 104 valence electrons. The van der Waals surface area contributed by atoms with E-state index in [4.69, 9.17) is 0 Å². The van der Waals surface area contributed by atoms with Gasteiger partial charge in [0.2, 0.25) is 0 Å². The van der Waals surface area contributed by atoms with Gasteiger partial charge in [0.25, 0.3) is 0 Å². The van der Waals surface area contributed by atoms with Crippen LogP contribution in [-0.2, 0) is 5.54 Å². The van der Waals surface area contributed by atoms with E-state index < -0.39 is 0 Å². The van der Waals surface area contributed by atoms with Crippen LogP contribution >= 0.6 is 0 Å². The summed E-state index contributed by atoms with van der Waals surface area (Å²) in [6, 6.07) is 1.37. The Bertz CT molecular complexity index is 478. The third-order valence-corrected chi connectivity index (χ3v) is 4.81. The Labute approximate surface area is 115 Å². The molecule has 0 aliphatic heterocycles. The molecule has 1 aromatic rings. The fourth-order valence-electron chi connectivity index (χ4n) is 3.17. The van der Waals surface area contributed by atoms with Crippen molar-refractivity contribution in [1.29, 1.82) is 0 Å². The molecule has 3 aliphatic carbocycles. The van der Waals surface area contributed by atoms with Crippen LogP contribution in [0.1, 0.15) is 82.4 Å². The second-order valence-electron chi connectivity index (χ2n) is 7.15. The second kappa shape index (κ2) is 4.05. The van der Waals surface area contributed by atoms with Crippen molar-refractivity contribution in [2.45, 2.75) is 82.3 Å². The van der Waals surface area contributed by atoms with Crippen molar-refractivity contribution in [1.82, 2.24) is 20.1 Å². The highest BCUT2D eigenvalue weighted by molar-refractivity contribution is 5.16. The Kier molecular flexibility index (Phi) is 2.53. The fraction of sp³-hybridized carbons (Fsp3) is 0.867. The van der Waals surface area contributed by atoms with E-state index in [1.54, 1.807) is 0 Å². The lowest BCUT2D eigenvalue weighted by atomic mass is 9.90. The molecular weight excluding hydrogens is 236 g/mol. The summed E-state index contributed by atoms with van der Waals surface area (Å²) in [5, 5.41) is 12.9. The summed E-state index contributed by atoms with van der Waals surface area (Å²) in [6.07, 6.45) is 9.24. The van der Waals surface area contributed by atoms with Gasteiger partial charge in [0.15, 0.2) is 5.82 Å². The van der Waals surface area contributed by atoms with E-state index in [2.05, 4.69) is 33.9 Å². The van der Waals surface area contributed by atoms with Crippen LogP contribution in [0, 0.1) is 0 Å². The Morgan fingerprint density at radius 3 is 2.32 bits per heavy atom. The van der Waals surface area contributed by atoms with Crippen molar-refractivity contribution in [2.24, 2.45) is 0 Å². The number of aromatic nitrogens is 3. The predicted octanol–water partition coefficient (Wildman–Crippen LogP) is 2.87. The highest BCUT2D eigenvalue weighted by Crippen LogP contribution is 2.46. The van der Waals surface area contributed by atoms with Crippen molar-refractivity contribution in [2.75, 3.05) is 0 Å². The van der Waals surface area contributed by atoms with Gasteiger partial charge in [0.1, 0.15) is 5.82 Å². The van der Waals surface area contributed by atoms with Crippen LogP contribution in [-0.4, -0.2) is 20.8 Å².